The molecule has 1 aromatic rings. The van der Waals surface area contributed by atoms with Crippen LogP contribution in [0.4, 0.5) is 0 Å². The Morgan fingerprint density at radius 1 is 1.33 bits per heavy atom. The number of hydrogen-bond acceptors (Lipinski definition) is 0. The fourth-order valence-electron chi connectivity index (χ4n) is 0.537. The van der Waals surface area contributed by atoms with E-state index in [-0.39, 0.29) is 0 Å². The maximum absolute atomic E-state index is 5.65. The van der Waals surface area contributed by atoms with Gasteiger partial charge in [0.1, 0.15) is 5.15 Å². The number of hydrogen-bond donors (Lipinski definition) is 0. The number of aromatic nitrogens is 1. The van der Waals surface area contributed by atoms with E-state index in [1.165, 1.54) is 0 Å². The highest BCUT2D eigenvalue weighted by molar-refractivity contribution is 6.47. The first-order chi connectivity index (χ1) is 4.13. The third-order valence-electron chi connectivity index (χ3n) is 1.01. The van der Waals surface area contributed by atoms with Crippen molar-refractivity contribution >= 4 is 34.8 Å². The van der Waals surface area contributed by atoms with Crippen molar-refractivity contribution < 1.29 is 0 Å². The first-order valence-electron chi connectivity index (χ1n) is 2.28. The Kier molecular flexibility index (Phi) is 1.94. The lowest BCUT2D eigenvalue weighted by atomic mass is 10.7. The van der Waals surface area contributed by atoms with Gasteiger partial charge in [-0.3, -0.25) is 0 Å². The highest BCUT2D eigenvalue weighted by Gasteiger charge is 2.06. The third-order valence-corrected chi connectivity index (χ3v) is 2.33. The zero-order valence-corrected chi connectivity index (χ0v) is 6.93. The largest absolute Gasteiger partial charge is 0.339 e. The molecular weight excluding hydrogens is 180 g/mol. The average Bonchev–Trinajstić information content (AvgIpc) is 1.98. The van der Waals surface area contributed by atoms with Gasteiger partial charge >= 0.3 is 0 Å². The highest BCUT2D eigenvalue weighted by atomic mass is 35.5. The molecule has 0 bridgehead atoms. The van der Waals surface area contributed by atoms with Gasteiger partial charge in [0.15, 0.2) is 0 Å². The maximum atomic E-state index is 5.65. The van der Waals surface area contributed by atoms with E-state index in [0.29, 0.717) is 15.2 Å². The molecule has 0 aliphatic rings. The van der Waals surface area contributed by atoms with Crippen molar-refractivity contribution in [1.29, 1.82) is 0 Å². The minimum atomic E-state index is 0.417. The van der Waals surface area contributed by atoms with Gasteiger partial charge in [0.05, 0.1) is 10.0 Å². The maximum Gasteiger partial charge on any atom is 0.129 e. The zero-order valence-electron chi connectivity index (χ0n) is 4.66. The predicted molar refractivity (Wildman–Crippen MR) is 40.4 cm³/mol. The molecule has 0 saturated heterocycles. The summed E-state index contributed by atoms with van der Waals surface area (Å²) >= 11 is 16.9. The minimum Gasteiger partial charge on any atom is -0.339 e. The average molecular weight is 184 g/mol. The molecule has 0 fully saturated rings. The fourth-order valence-corrected chi connectivity index (χ4v) is 1.15. The van der Waals surface area contributed by atoms with Crippen molar-refractivity contribution in [3.63, 3.8) is 0 Å². The third kappa shape index (κ3) is 1.18. The molecule has 0 aliphatic carbocycles. The van der Waals surface area contributed by atoms with Crippen LogP contribution in [0.3, 0.4) is 0 Å². The predicted octanol–water partition coefficient (Wildman–Crippen LogP) is 2.99. The molecule has 0 N–H and O–H groups in total. The molecule has 50 valence electrons. The monoisotopic (exact) mass is 183 g/mol. The Morgan fingerprint density at radius 3 is 2.00 bits per heavy atom. The molecule has 1 nitrogen and oxygen atoms in total. The van der Waals surface area contributed by atoms with Crippen molar-refractivity contribution in [2.24, 2.45) is 7.05 Å². The Bertz CT molecular complexity index is 206. The molecule has 1 rings (SSSR count). The van der Waals surface area contributed by atoms with Gasteiger partial charge < -0.3 is 4.57 Å². The van der Waals surface area contributed by atoms with Crippen LogP contribution in [0.2, 0.25) is 15.2 Å². The summed E-state index contributed by atoms with van der Waals surface area (Å²) in [6.07, 6.45) is 1.66. The Balaban J connectivity index is 3.29. The lowest BCUT2D eigenvalue weighted by Crippen LogP contribution is -1.81. The summed E-state index contributed by atoms with van der Waals surface area (Å²) in [4.78, 5) is 0. The van der Waals surface area contributed by atoms with Crippen LogP contribution in [0.5, 0.6) is 0 Å². The van der Waals surface area contributed by atoms with Gasteiger partial charge in [0.25, 0.3) is 0 Å². The fraction of sp³-hybridized carbons (Fsp3) is 0.200. The van der Waals surface area contributed by atoms with Crippen LogP contribution in [0.15, 0.2) is 6.20 Å². The summed E-state index contributed by atoms with van der Waals surface area (Å²) in [5.74, 6) is 0. The van der Waals surface area contributed by atoms with Gasteiger partial charge in [-0.15, -0.1) is 0 Å². The lowest BCUT2D eigenvalue weighted by Gasteiger charge is -1.88. The minimum absolute atomic E-state index is 0.417. The molecule has 0 radical (unpaired) electrons. The Morgan fingerprint density at radius 2 is 1.89 bits per heavy atom. The Labute approximate surface area is 68.1 Å². The summed E-state index contributed by atoms with van der Waals surface area (Å²) < 4.78 is 1.66. The van der Waals surface area contributed by atoms with Gasteiger partial charge in [0.2, 0.25) is 0 Å². The first kappa shape index (κ1) is 7.26. The van der Waals surface area contributed by atoms with Crippen LogP contribution in [0, 0.1) is 0 Å². The second kappa shape index (κ2) is 2.41. The molecule has 0 atom stereocenters. The molecule has 0 saturated carbocycles. The van der Waals surface area contributed by atoms with Crippen molar-refractivity contribution in [2.75, 3.05) is 0 Å². The smallest absolute Gasteiger partial charge is 0.129 e. The van der Waals surface area contributed by atoms with E-state index in [2.05, 4.69) is 0 Å². The van der Waals surface area contributed by atoms with Crippen molar-refractivity contribution in [2.45, 2.75) is 0 Å². The van der Waals surface area contributed by atoms with Crippen LogP contribution < -0.4 is 0 Å². The summed E-state index contributed by atoms with van der Waals surface area (Å²) in [6, 6.07) is 0. The second-order valence-corrected chi connectivity index (χ2v) is 2.84. The van der Waals surface area contributed by atoms with E-state index in [9.17, 15) is 0 Å². The molecule has 9 heavy (non-hydrogen) atoms. The van der Waals surface area contributed by atoms with Gasteiger partial charge in [-0.2, -0.15) is 0 Å². The van der Waals surface area contributed by atoms with Crippen LogP contribution in [0.25, 0.3) is 0 Å². The standard InChI is InChI=1S/C5H4Cl3N/c1-9-2-3(6)4(7)5(9)8/h2H,1H3. The molecule has 4 heteroatoms. The molecule has 0 amide bonds. The van der Waals surface area contributed by atoms with E-state index in [4.69, 9.17) is 34.8 Å². The molecule has 0 unspecified atom stereocenters. The van der Waals surface area contributed by atoms with Crippen molar-refractivity contribution in [1.82, 2.24) is 4.57 Å². The van der Waals surface area contributed by atoms with Crippen molar-refractivity contribution in [3.8, 4) is 0 Å². The summed E-state index contributed by atoms with van der Waals surface area (Å²) in [7, 11) is 1.78. The molecule has 0 spiro atoms. The lowest BCUT2D eigenvalue weighted by molar-refractivity contribution is 0.929. The second-order valence-electron chi connectivity index (χ2n) is 1.69. The SMILES string of the molecule is Cn1cc(Cl)c(Cl)c1Cl. The van der Waals surface area contributed by atoms with Crippen LogP contribution in [-0.4, -0.2) is 4.57 Å². The Hall–Kier alpha value is 0.150. The first-order valence-corrected chi connectivity index (χ1v) is 3.42. The quantitative estimate of drug-likeness (QED) is 0.584. The van der Waals surface area contributed by atoms with E-state index in [1.54, 1.807) is 17.8 Å². The topological polar surface area (TPSA) is 4.93 Å². The van der Waals surface area contributed by atoms with E-state index in [0.717, 1.165) is 0 Å². The van der Waals surface area contributed by atoms with Gasteiger partial charge in [-0.25, -0.2) is 0 Å². The zero-order chi connectivity index (χ0) is 7.02. The molecule has 1 heterocycles. The molecule has 1 aromatic heterocycles. The normalized spacial score (nSPS) is 10.2. The van der Waals surface area contributed by atoms with E-state index >= 15 is 0 Å². The molecule has 0 aliphatic heterocycles. The van der Waals surface area contributed by atoms with E-state index < -0.39 is 0 Å². The highest BCUT2D eigenvalue weighted by Crippen LogP contribution is 2.30. The number of rotatable bonds is 0. The molecule has 0 aromatic carbocycles. The van der Waals surface area contributed by atoms with Crippen LogP contribution in [0.1, 0.15) is 0 Å². The summed E-state index contributed by atoms with van der Waals surface area (Å²) in [6.45, 7) is 0. The van der Waals surface area contributed by atoms with Crippen molar-refractivity contribution in [3.05, 3.63) is 21.4 Å². The van der Waals surface area contributed by atoms with Gasteiger partial charge in [-0.1, -0.05) is 34.8 Å². The summed E-state index contributed by atoms with van der Waals surface area (Å²) in [5.41, 5.74) is 0. The number of aryl methyl sites for hydroxylation is 1. The summed E-state index contributed by atoms with van der Waals surface area (Å²) in [5, 5.41) is 1.38. The molecular formula is C5H4Cl3N. The number of nitrogens with zero attached hydrogens (tertiary/aromatic N) is 1. The number of halogens is 3. The van der Waals surface area contributed by atoms with Gasteiger partial charge in [-0.05, 0) is 0 Å². The van der Waals surface area contributed by atoms with Crippen LogP contribution in [-0.2, 0) is 7.05 Å². The van der Waals surface area contributed by atoms with Crippen LogP contribution >= 0.6 is 34.8 Å². The van der Waals surface area contributed by atoms with Gasteiger partial charge in [0, 0.05) is 13.2 Å². The van der Waals surface area contributed by atoms with E-state index in [1.807, 2.05) is 0 Å².